The molecule has 1 aromatic rings. The van der Waals surface area contributed by atoms with E-state index in [2.05, 4.69) is 26.8 Å². The molecule has 0 spiro atoms. The molecule has 2 unspecified atom stereocenters. The topological polar surface area (TPSA) is 26.0 Å². The van der Waals surface area contributed by atoms with Crippen molar-refractivity contribution in [2.24, 2.45) is 17.1 Å². The van der Waals surface area contributed by atoms with Crippen LogP contribution in [0.1, 0.15) is 56.0 Å². The summed E-state index contributed by atoms with van der Waals surface area (Å²) in [6.45, 7) is 6.78. The highest BCUT2D eigenvalue weighted by molar-refractivity contribution is 7.16. The first-order valence-electron chi connectivity index (χ1n) is 6.43. The van der Waals surface area contributed by atoms with Crippen LogP contribution in [0.5, 0.6) is 0 Å². The number of nitrogens with two attached hydrogens (primary N) is 1. The quantitative estimate of drug-likeness (QED) is 0.811. The molecular formula is C14H22ClNS. The van der Waals surface area contributed by atoms with Crippen LogP contribution in [0.2, 0.25) is 4.34 Å². The van der Waals surface area contributed by atoms with E-state index in [0.717, 1.165) is 9.90 Å². The van der Waals surface area contributed by atoms with Crippen molar-refractivity contribution in [3.05, 3.63) is 20.8 Å². The van der Waals surface area contributed by atoms with E-state index in [1.165, 1.54) is 30.6 Å². The Hall–Kier alpha value is -0.0500. The van der Waals surface area contributed by atoms with Crippen molar-refractivity contribution < 1.29 is 0 Å². The third kappa shape index (κ3) is 2.69. The van der Waals surface area contributed by atoms with Gasteiger partial charge in [-0.3, -0.25) is 0 Å². The number of thiophene rings is 1. The average Bonchev–Trinajstić information content (AvgIpc) is 2.58. The van der Waals surface area contributed by atoms with Crippen LogP contribution in [0.25, 0.3) is 0 Å². The number of aryl methyl sites for hydroxylation is 1. The molecule has 0 saturated heterocycles. The minimum Gasteiger partial charge on any atom is -0.323 e. The van der Waals surface area contributed by atoms with Crippen molar-refractivity contribution in [3.8, 4) is 0 Å². The van der Waals surface area contributed by atoms with E-state index in [-0.39, 0.29) is 6.04 Å². The van der Waals surface area contributed by atoms with Crippen molar-refractivity contribution in [2.75, 3.05) is 0 Å². The minimum atomic E-state index is 0.154. The summed E-state index contributed by atoms with van der Waals surface area (Å²) in [4.78, 5) is 1.26. The maximum Gasteiger partial charge on any atom is 0.0960 e. The lowest BCUT2D eigenvalue weighted by molar-refractivity contribution is 0.114. The lowest BCUT2D eigenvalue weighted by atomic mass is 9.66. The monoisotopic (exact) mass is 271 g/mol. The average molecular weight is 272 g/mol. The van der Waals surface area contributed by atoms with Gasteiger partial charge in [-0.25, -0.2) is 0 Å². The fraction of sp³-hybridized carbons (Fsp3) is 0.714. The minimum absolute atomic E-state index is 0.154. The molecule has 0 radical (unpaired) electrons. The van der Waals surface area contributed by atoms with Crippen molar-refractivity contribution in [3.63, 3.8) is 0 Å². The summed E-state index contributed by atoms with van der Waals surface area (Å²) < 4.78 is 0.893. The Morgan fingerprint density at radius 1 is 1.47 bits per heavy atom. The molecule has 1 aliphatic carbocycles. The Kier molecular flexibility index (Phi) is 3.86. The molecule has 17 heavy (non-hydrogen) atoms. The van der Waals surface area contributed by atoms with Crippen molar-refractivity contribution in [1.29, 1.82) is 0 Å². The summed E-state index contributed by atoms with van der Waals surface area (Å²) in [6.07, 6.45) is 5.21. The highest BCUT2D eigenvalue weighted by Gasteiger charge is 2.37. The second-order valence-corrected chi connectivity index (χ2v) is 7.66. The third-order valence-electron chi connectivity index (χ3n) is 4.23. The number of hydrogen-bond donors (Lipinski definition) is 1. The Morgan fingerprint density at radius 3 is 2.71 bits per heavy atom. The fourth-order valence-electron chi connectivity index (χ4n) is 3.03. The molecule has 1 fully saturated rings. The van der Waals surface area contributed by atoms with Gasteiger partial charge in [0.25, 0.3) is 0 Å². The summed E-state index contributed by atoms with van der Waals surface area (Å²) in [7, 11) is 0. The molecule has 2 atom stereocenters. The molecule has 0 bridgehead atoms. The van der Waals surface area contributed by atoms with Gasteiger partial charge in [0, 0.05) is 10.9 Å². The predicted octanol–water partition coefficient (Wildman–Crippen LogP) is 4.93. The molecule has 1 heterocycles. The molecule has 1 aliphatic rings. The maximum atomic E-state index is 6.48. The van der Waals surface area contributed by atoms with Crippen LogP contribution in [0.4, 0.5) is 0 Å². The summed E-state index contributed by atoms with van der Waals surface area (Å²) >= 11 is 7.80. The van der Waals surface area contributed by atoms with Crippen LogP contribution in [0.15, 0.2) is 6.07 Å². The number of hydrogen-bond acceptors (Lipinski definition) is 2. The standard InChI is InChI=1S/C14H22ClNS/c1-9-8-11(17-13(9)15)12(16)10-6-4-5-7-14(10,2)3/h8,10,12H,4-7,16H2,1-3H3. The van der Waals surface area contributed by atoms with E-state index in [0.29, 0.717) is 11.3 Å². The van der Waals surface area contributed by atoms with Crippen molar-refractivity contribution in [1.82, 2.24) is 0 Å². The van der Waals surface area contributed by atoms with Gasteiger partial charge in [0.05, 0.1) is 4.34 Å². The van der Waals surface area contributed by atoms with E-state index in [9.17, 15) is 0 Å². The van der Waals surface area contributed by atoms with E-state index in [1.54, 1.807) is 11.3 Å². The molecule has 0 aliphatic heterocycles. The highest BCUT2D eigenvalue weighted by Crippen LogP contribution is 2.47. The molecule has 3 heteroatoms. The maximum absolute atomic E-state index is 6.48. The van der Waals surface area contributed by atoms with Crippen LogP contribution in [0.3, 0.4) is 0 Å². The lowest BCUT2D eigenvalue weighted by Crippen LogP contribution is -2.35. The van der Waals surface area contributed by atoms with Gasteiger partial charge in [0.15, 0.2) is 0 Å². The van der Waals surface area contributed by atoms with Crippen LogP contribution < -0.4 is 5.73 Å². The summed E-state index contributed by atoms with van der Waals surface area (Å²) in [5.41, 5.74) is 8.01. The highest BCUT2D eigenvalue weighted by atomic mass is 35.5. The number of rotatable bonds is 2. The van der Waals surface area contributed by atoms with Gasteiger partial charge in [-0.05, 0) is 42.7 Å². The van der Waals surface area contributed by atoms with E-state index >= 15 is 0 Å². The van der Waals surface area contributed by atoms with Gasteiger partial charge in [-0.15, -0.1) is 11.3 Å². The fourth-order valence-corrected chi connectivity index (χ4v) is 4.32. The molecule has 2 rings (SSSR count). The second kappa shape index (κ2) is 4.91. The van der Waals surface area contributed by atoms with Crippen LogP contribution in [0, 0.1) is 18.3 Å². The van der Waals surface area contributed by atoms with Gasteiger partial charge < -0.3 is 5.73 Å². The first-order chi connectivity index (χ1) is 7.92. The van der Waals surface area contributed by atoms with Gasteiger partial charge in [0.1, 0.15) is 0 Å². The first-order valence-corrected chi connectivity index (χ1v) is 7.62. The molecule has 0 amide bonds. The van der Waals surface area contributed by atoms with Crippen LogP contribution >= 0.6 is 22.9 Å². The molecular weight excluding hydrogens is 250 g/mol. The Labute approximate surface area is 113 Å². The zero-order chi connectivity index (χ0) is 12.6. The molecule has 1 nitrogen and oxygen atoms in total. The Morgan fingerprint density at radius 2 is 2.18 bits per heavy atom. The normalized spacial score (nSPS) is 25.8. The van der Waals surface area contributed by atoms with Crippen LogP contribution in [-0.2, 0) is 0 Å². The Bertz CT molecular complexity index is 377. The molecule has 1 aromatic heterocycles. The van der Waals surface area contributed by atoms with Crippen molar-refractivity contribution >= 4 is 22.9 Å². The van der Waals surface area contributed by atoms with E-state index < -0.39 is 0 Å². The van der Waals surface area contributed by atoms with E-state index in [4.69, 9.17) is 17.3 Å². The predicted molar refractivity (Wildman–Crippen MR) is 76.7 cm³/mol. The molecule has 1 saturated carbocycles. The third-order valence-corrected chi connectivity index (χ3v) is 5.88. The summed E-state index contributed by atoms with van der Waals surface area (Å²) in [5.74, 6) is 0.588. The van der Waals surface area contributed by atoms with Gasteiger partial charge in [-0.2, -0.15) is 0 Å². The first kappa shape index (κ1) is 13.4. The zero-order valence-electron chi connectivity index (χ0n) is 10.9. The molecule has 2 N–H and O–H groups in total. The summed E-state index contributed by atoms with van der Waals surface area (Å²) in [5, 5.41) is 0. The Balaban J connectivity index is 2.21. The van der Waals surface area contributed by atoms with Gasteiger partial charge >= 0.3 is 0 Å². The largest absolute Gasteiger partial charge is 0.323 e. The second-order valence-electron chi connectivity index (χ2n) is 5.97. The van der Waals surface area contributed by atoms with E-state index in [1.807, 2.05) is 0 Å². The van der Waals surface area contributed by atoms with Gasteiger partial charge in [0.2, 0.25) is 0 Å². The van der Waals surface area contributed by atoms with Crippen molar-refractivity contribution in [2.45, 2.75) is 52.5 Å². The number of halogens is 1. The molecule has 96 valence electrons. The van der Waals surface area contributed by atoms with Crippen LogP contribution in [-0.4, -0.2) is 0 Å². The molecule has 0 aromatic carbocycles. The summed E-state index contributed by atoms with van der Waals surface area (Å²) in [6, 6.07) is 2.32. The smallest absolute Gasteiger partial charge is 0.0960 e. The lowest BCUT2D eigenvalue weighted by Gasteiger charge is -2.41. The SMILES string of the molecule is Cc1cc(C(N)C2CCCCC2(C)C)sc1Cl. The van der Waals surface area contributed by atoms with Gasteiger partial charge in [-0.1, -0.05) is 38.3 Å². The zero-order valence-corrected chi connectivity index (χ0v) is 12.5.